The van der Waals surface area contributed by atoms with Crippen LogP contribution in [0.15, 0.2) is 18.2 Å². The number of rotatable bonds is 2. The van der Waals surface area contributed by atoms with Gasteiger partial charge in [-0.2, -0.15) is 13.2 Å². The molecule has 0 bridgehead atoms. The molecule has 0 unspecified atom stereocenters. The van der Waals surface area contributed by atoms with Crippen molar-refractivity contribution in [3.8, 4) is 0 Å². The fourth-order valence-corrected chi connectivity index (χ4v) is 2.76. The summed E-state index contributed by atoms with van der Waals surface area (Å²) in [5, 5.41) is 0.382. The number of aromatic nitrogens is 2. The molecule has 0 saturated heterocycles. The summed E-state index contributed by atoms with van der Waals surface area (Å²) in [7, 11) is 0. The van der Waals surface area contributed by atoms with E-state index in [1.54, 1.807) is 12.1 Å². The normalized spacial score (nSPS) is 17.9. The first kappa shape index (κ1) is 13.1. The van der Waals surface area contributed by atoms with E-state index in [0.717, 1.165) is 0 Å². The molecule has 2 nitrogen and oxygen atoms in total. The number of imidazole rings is 1. The molecule has 102 valence electrons. The topological polar surface area (TPSA) is 17.8 Å². The van der Waals surface area contributed by atoms with Crippen LogP contribution in [0.5, 0.6) is 0 Å². The van der Waals surface area contributed by atoms with Gasteiger partial charge in [0, 0.05) is 5.02 Å². The predicted molar refractivity (Wildman–Crippen MR) is 67.6 cm³/mol. The van der Waals surface area contributed by atoms with Gasteiger partial charge in [0.25, 0.3) is 0 Å². The van der Waals surface area contributed by atoms with Crippen LogP contribution in [0.4, 0.5) is 13.2 Å². The summed E-state index contributed by atoms with van der Waals surface area (Å²) in [5.74, 6) is 0.165. The summed E-state index contributed by atoms with van der Waals surface area (Å²) < 4.78 is 41.0. The molecule has 1 aromatic heterocycles. The van der Waals surface area contributed by atoms with Crippen molar-refractivity contribution in [2.24, 2.45) is 0 Å². The molecule has 2 aromatic rings. The van der Waals surface area contributed by atoms with Crippen molar-refractivity contribution in [1.29, 1.82) is 0 Å². The van der Waals surface area contributed by atoms with Gasteiger partial charge in [-0.3, -0.25) is 0 Å². The van der Waals surface area contributed by atoms with Gasteiger partial charge >= 0.3 is 6.18 Å². The van der Waals surface area contributed by atoms with Crippen LogP contribution in [0.2, 0.25) is 5.02 Å². The third kappa shape index (κ3) is 1.82. The Balaban J connectivity index is 2.30. The molecule has 0 aliphatic heterocycles. The van der Waals surface area contributed by atoms with Gasteiger partial charge in [0.2, 0.25) is 0 Å². The second kappa shape index (κ2) is 4.03. The highest BCUT2D eigenvalue weighted by atomic mass is 35.5. The van der Waals surface area contributed by atoms with Crippen molar-refractivity contribution >= 4 is 34.2 Å². The molecule has 7 heteroatoms. The van der Waals surface area contributed by atoms with Gasteiger partial charge in [-0.25, -0.2) is 4.98 Å². The van der Waals surface area contributed by atoms with Crippen LogP contribution in [0.3, 0.4) is 0 Å². The van der Waals surface area contributed by atoms with Crippen LogP contribution in [-0.2, 0) is 11.4 Å². The van der Waals surface area contributed by atoms with Crippen molar-refractivity contribution in [1.82, 2.24) is 9.55 Å². The van der Waals surface area contributed by atoms with Crippen LogP contribution in [-0.4, -0.2) is 15.7 Å². The van der Waals surface area contributed by atoms with E-state index in [1.165, 1.54) is 10.6 Å². The molecule has 1 heterocycles. The van der Waals surface area contributed by atoms with Crippen LogP contribution in [0.25, 0.3) is 11.0 Å². The average molecular weight is 309 g/mol. The van der Waals surface area contributed by atoms with Gasteiger partial charge < -0.3 is 4.57 Å². The quantitative estimate of drug-likeness (QED) is 0.748. The molecule has 0 atom stereocenters. The number of hydrogen-bond acceptors (Lipinski definition) is 1. The standard InChI is InChI=1S/C12H9Cl2F3N2/c13-6-10-18-8-2-1-7(14)5-9(8)19(10)11(3-4-11)12(15,16)17/h1-2,5H,3-4,6H2. The lowest BCUT2D eigenvalue weighted by Gasteiger charge is -2.23. The minimum Gasteiger partial charge on any atom is -0.311 e. The second-order valence-electron chi connectivity index (χ2n) is 4.66. The van der Waals surface area contributed by atoms with E-state index in [9.17, 15) is 13.2 Å². The smallest absolute Gasteiger partial charge is 0.311 e. The molecule has 3 rings (SSSR count). The fourth-order valence-electron chi connectivity index (χ4n) is 2.42. The van der Waals surface area contributed by atoms with Gasteiger partial charge in [-0.05, 0) is 31.0 Å². The zero-order valence-electron chi connectivity index (χ0n) is 9.64. The molecule has 0 radical (unpaired) electrons. The highest BCUT2D eigenvalue weighted by molar-refractivity contribution is 6.31. The van der Waals surface area contributed by atoms with Crippen molar-refractivity contribution in [2.75, 3.05) is 0 Å². The SMILES string of the molecule is FC(F)(F)C1(n2c(CCl)nc3ccc(Cl)cc32)CC1. The number of alkyl halides is 4. The lowest BCUT2D eigenvalue weighted by atomic mass is 10.2. The van der Waals surface area contributed by atoms with Gasteiger partial charge in [0.1, 0.15) is 11.4 Å². The predicted octanol–water partition coefficient (Wildman–Crippen LogP) is 4.48. The zero-order chi connectivity index (χ0) is 13.8. The molecule has 0 spiro atoms. The Bertz CT molecular complexity index is 644. The minimum atomic E-state index is -4.32. The number of nitrogens with zero attached hydrogens (tertiary/aromatic N) is 2. The monoisotopic (exact) mass is 308 g/mol. The van der Waals surface area contributed by atoms with Crippen molar-refractivity contribution in [2.45, 2.75) is 30.4 Å². The Labute approximate surface area is 117 Å². The summed E-state index contributed by atoms with van der Waals surface area (Å²) in [5.41, 5.74) is -0.995. The van der Waals surface area contributed by atoms with Crippen molar-refractivity contribution < 1.29 is 13.2 Å². The lowest BCUT2D eigenvalue weighted by molar-refractivity contribution is -0.179. The molecular weight excluding hydrogens is 300 g/mol. The lowest BCUT2D eigenvalue weighted by Crippen LogP contribution is -2.35. The van der Waals surface area contributed by atoms with Crippen LogP contribution < -0.4 is 0 Å². The maximum Gasteiger partial charge on any atom is 0.412 e. The first-order chi connectivity index (χ1) is 8.89. The number of halogens is 5. The molecule has 1 fully saturated rings. The van der Waals surface area contributed by atoms with E-state index in [-0.39, 0.29) is 24.5 Å². The minimum absolute atomic E-state index is 0.0539. The largest absolute Gasteiger partial charge is 0.412 e. The molecule has 19 heavy (non-hydrogen) atoms. The Morgan fingerprint density at radius 2 is 2.00 bits per heavy atom. The van der Waals surface area contributed by atoms with E-state index in [2.05, 4.69) is 4.98 Å². The summed E-state index contributed by atoms with van der Waals surface area (Å²) in [6, 6.07) is 4.72. The number of hydrogen-bond donors (Lipinski definition) is 0. The number of benzene rings is 1. The molecule has 0 N–H and O–H groups in total. The molecule has 1 aliphatic rings. The first-order valence-corrected chi connectivity index (χ1v) is 6.60. The maximum atomic E-state index is 13.3. The molecule has 1 aromatic carbocycles. The Morgan fingerprint density at radius 1 is 1.32 bits per heavy atom. The first-order valence-electron chi connectivity index (χ1n) is 5.69. The second-order valence-corrected chi connectivity index (χ2v) is 5.36. The molecule has 1 aliphatic carbocycles. The molecule has 0 amide bonds. The van der Waals surface area contributed by atoms with Crippen LogP contribution in [0.1, 0.15) is 18.7 Å². The van der Waals surface area contributed by atoms with Crippen LogP contribution >= 0.6 is 23.2 Å². The molecular formula is C12H9Cl2F3N2. The van der Waals surface area contributed by atoms with Gasteiger partial charge in [0.05, 0.1) is 16.9 Å². The van der Waals surface area contributed by atoms with Crippen molar-refractivity contribution in [3.63, 3.8) is 0 Å². The van der Waals surface area contributed by atoms with E-state index < -0.39 is 11.7 Å². The third-order valence-electron chi connectivity index (χ3n) is 3.48. The van der Waals surface area contributed by atoms with E-state index in [4.69, 9.17) is 23.2 Å². The zero-order valence-corrected chi connectivity index (χ0v) is 11.1. The summed E-state index contributed by atoms with van der Waals surface area (Å²) in [4.78, 5) is 4.16. The van der Waals surface area contributed by atoms with Crippen LogP contribution in [0, 0.1) is 0 Å². The van der Waals surface area contributed by atoms with Gasteiger partial charge in [0.15, 0.2) is 0 Å². The summed E-state index contributed by atoms with van der Waals surface area (Å²) in [6.07, 6.45) is -4.21. The van der Waals surface area contributed by atoms with E-state index >= 15 is 0 Å². The third-order valence-corrected chi connectivity index (χ3v) is 3.96. The number of fused-ring (bicyclic) bond motifs is 1. The highest BCUT2D eigenvalue weighted by Crippen LogP contribution is 2.57. The summed E-state index contributed by atoms with van der Waals surface area (Å²) in [6.45, 7) is 0. The highest BCUT2D eigenvalue weighted by Gasteiger charge is 2.65. The average Bonchev–Trinajstić information content (AvgIpc) is 3.05. The maximum absolute atomic E-state index is 13.3. The molecule has 1 saturated carbocycles. The Morgan fingerprint density at radius 3 is 2.53 bits per heavy atom. The summed E-state index contributed by atoms with van der Waals surface area (Å²) >= 11 is 11.6. The fraction of sp³-hybridized carbons (Fsp3) is 0.417. The van der Waals surface area contributed by atoms with Gasteiger partial charge in [-0.1, -0.05) is 11.6 Å². The Hall–Kier alpha value is -0.940. The Kier molecular flexibility index (Phi) is 2.77. The van der Waals surface area contributed by atoms with E-state index in [0.29, 0.717) is 16.1 Å². The van der Waals surface area contributed by atoms with Gasteiger partial charge in [-0.15, -0.1) is 11.6 Å². The van der Waals surface area contributed by atoms with Crippen molar-refractivity contribution in [3.05, 3.63) is 29.0 Å². The van der Waals surface area contributed by atoms with E-state index in [1.807, 2.05) is 0 Å².